The van der Waals surface area contributed by atoms with Crippen LogP contribution in [0.2, 0.25) is 0 Å². The van der Waals surface area contributed by atoms with Crippen LogP contribution in [0.15, 0.2) is 74.6 Å². The zero-order valence-corrected chi connectivity index (χ0v) is 12.7. The van der Waals surface area contributed by atoms with E-state index in [1.54, 1.807) is 48.5 Å². The largest absolute Gasteiger partial charge is 0.240 e. The minimum Gasteiger partial charge on any atom is -0.211 e. The smallest absolute Gasteiger partial charge is 0.211 e. The molecule has 0 radical (unpaired) electrons. The zero-order valence-electron chi connectivity index (χ0n) is 12.7. The van der Waals surface area contributed by atoms with E-state index >= 15 is 0 Å². The summed E-state index contributed by atoms with van der Waals surface area (Å²) in [6.45, 7) is 0. The van der Waals surface area contributed by atoms with Crippen molar-refractivity contribution in [3.8, 4) is 0 Å². The van der Waals surface area contributed by atoms with Crippen LogP contribution in [-0.2, 0) is 19.2 Å². The Kier molecular flexibility index (Phi) is 8.76. The van der Waals surface area contributed by atoms with Gasteiger partial charge in [-0.25, -0.2) is 19.2 Å². The molecule has 25 heavy (non-hydrogen) atoms. The van der Waals surface area contributed by atoms with Crippen molar-refractivity contribution >= 4 is 35.7 Å². The predicted molar refractivity (Wildman–Crippen MR) is 87.4 cm³/mol. The number of nitrogens with zero attached hydrogens (tertiary/aromatic N) is 4. The molecule has 0 fully saturated rings. The van der Waals surface area contributed by atoms with Crippen molar-refractivity contribution in [2.75, 3.05) is 0 Å². The molecule has 122 valence electrons. The molecule has 0 aliphatic carbocycles. The summed E-state index contributed by atoms with van der Waals surface area (Å²) in [5.74, 6) is 0. The van der Waals surface area contributed by atoms with Crippen molar-refractivity contribution in [1.82, 2.24) is 0 Å². The van der Waals surface area contributed by atoms with Crippen molar-refractivity contribution in [2.24, 2.45) is 20.0 Å². The van der Waals surface area contributed by atoms with E-state index in [0.29, 0.717) is 16.9 Å². The highest BCUT2D eigenvalue weighted by Gasteiger charge is 2.05. The van der Waals surface area contributed by atoms with Gasteiger partial charge in [0.05, 0.1) is 11.4 Å². The molecule has 0 N–H and O–H groups in total. The molecule has 0 aliphatic rings. The number of hydrogen-bond acceptors (Lipinski definition) is 8. The second-order valence-corrected chi connectivity index (χ2v) is 4.15. The lowest BCUT2D eigenvalue weighted by atomic mass is 10.2. The van der Waals surface area contributed by atoms with Crippen LogP contribution < -0.4 is 0 Å². The molecular formula is C17H10N4O4. The van der Waals surface area contributed by atoms with Crippen LogP contribution in [0, 0.1) is 0 Å². The maximum Gasteiger partial charge on any atom is 0.240 e. The van der Waals surface area contributed by atoms with E-state index in [9.17, 15) is 19.2 Å². The molecule has 8 heteroatoms. The van der Waals surface area contributed by atoms with Gasteiger partial charge in [-0.15, -0.1) is 0 Å². The summed E-state index contributed by atoms with van der Waals surface area (Å²) >= 11 is 0. The lowest BCUT2D eigenvalue weighted by Gasteiger charge is -2.01. The summed E-state index contributed by atoms with van der Waals surface area (Å²) in [5, 5.41) is 0. The summed E-state index contributed by atoms with van der Waals surface area (Å²) in [5.41, 5.74) is 1.62. The Bertz CT molecular complexity index is 816. The Hall–Kier alpha value is -4.04. The van der Waals surface area contributed by atoms with Crippen molar-refractivity contribution in [3.05, 3.63) is 60.2 Å². The first-order chi connectivity index (χ1) is 12.2. The molecule has 2 rings (SSSR count). The predicted octanol–water partition coefficient (Wildman–Crippen LogP) is 2.98. The van der Waals surface area contributed by atoms with Crippen molar-refractivity contribution in [1.29, 1.82) is 0 Å². The van der Waals surface area contributed by atoms with Gasteiger partial charge in [0.15, 0.2) is 6.17 Å². The van der Waals surface area contributed by atoms with Gasteiger partial charge in [0.25, 0.3) is 0 Å². The van der Waals surface area contributed by atoms with Gasteiger partial charge < -0.3 is 0 Å². The van der Waals surface area contributed by atoms with Crippen LogP contribution >= 0.6 is 0 Å². The highest BCUT2D eigenvalue weighted by molar-refractivity contribution is 5.55. The van der Waals surface area contributed by atoms with Crippen LogP contribution in [0.4, 0.5) is 11.4 Å². The highest BCUT2D eigenvalue weighted by Crippen LogP contribution is 2.17. The Morgan fingerprint density at radius 2 is 1.04 bits per heavy atom. The standard InChI is InChI=1S/C9H6N2O2.C8H4N2O2/c12-6-10-9(11-7-13)8-4-2-1-3-5-8;11-5-9-7-1-2-8(4-3-7)10-6-12/h1-5,9H;1-4H. The first kappa shape index (κ1) is 19.0. The third-order valence-corrected chi connectivity index (χ3v) is 2.65. The lowest BCUT2D eigenvalue weighted by molar-refractivity contribution is 0.551. The maximum absolute atomic E-state index is 9.98. The zero-order chi connectivity index (χ0) is 18.3. The molecule has 0 bridgehead atoms. The molecule has 2 aromatic rings. The van der Waals surface area contributed by atoms with Crippen LogP contribution in [0.25, 0.3) is 0 Å². The van der Waals surface area contributed by atoms with Gasteiger partial charge in [0.2, 0.25) is 24.3 Å². The molecule has 0 saturated heterocycles. The third-order valence-electron chi connectivity index (χ3n) is 2.65. The number of hydrogen-bond donors (Lipinski definition) is 0. The summed E-state index contributed by atoms with van der Waals surface area (Å²) in [6, 6.07) is 15.0. The molecule has 0 atom stereocenters. The van der Waals surface area contributed by atoms with Crippen LogP contribution in [0.1, 0.15) is 11.7 Å². The Labute approximate surface area is 142 Å². The van der Waals surface area contributed by atoms with E-state index in [0.717, 1.165) is 0 Å². The summed E-state index contributed by atoms with van der Waals surface area (Å²) in [4.78, 5) is 53.0. The van der Waals surface area contributed by atoms with Gasteiger partial charge in [-0.05, 0) is 29.8 Å². The quantitative estimate of drug-likeness (QED) is 0.617. The molecule has 0 heterocycles. The first-order valence-corrected chi connectivity index (χ1v) is 6.70. The van der Waals surface area contributed by atoms with Gasteiger partial charge in [-0.3, -0.25) is 0 Å². The Morgan fingerprint density at radius 1 is 0.600 bits per heavy atom. The lowest BCUT2D eigenvalue weighted by Crippen LogP contribution is -1.89. The Balaban J connectivity index is 0.000000251. The topological polar surface area (TPSA) is 118 Å². The normalized spacial score (nSPS) is 9.44. The number of isocyanates is 4. The van der Waals surface area contributed by atoms with E-state index in [2.05, 4.69) is 20.0 Å². The second-order valence-electron chi connectivity index (χ2n) is 4.15. The third kappa shape index (κ3) is 7.17. The Morgan fingerprint density at radius 3 is 1.40 bits per heavy atom. The monoisotopic (exact) mass is 334 g/mol. The van der Waals surface area contributed by atoms with Gasteiger partial charge in [-0.2, -0.15) is 20.0 Å². The average molecular weight is 334 g/mol. The SMILES string of the molecule is O=C=NC(N=C=O)c1ccccc1.O=C=Nc1ccc(N=C=O)cc1. The van der Waals surface area contributed by atoms with E-state index in [-0.39, 0.29) is 0 Å². The molecule has 0 saturated carbocycles. The van der Waals surface area contributed by atoms with E-state index in [4.69, 9.17) is 0 Å². The average Bonchev–Trinajstić information content (AvgIpc) is 2.65. The minimum atomic E-state index is -0.809. The molecule has 8 nitrogen and oxygen atoms in total. The van der Waals surface area contributed by atoms with Crippen molar-refractivity contribution in [2.45, 2.75) is 6.17 Å². The van der Waals surface area contributed by atoms with E-state index in [1.165, 1.54) is 24.3 Å². The molecule has 0 aliphatic heterocycles. The minimum absolute atomic E-state index is 0.481. The van der Waals surface area contributed by atoms with Crippen molar-refractivity contribution in [3.63, 3.8) is 0 Å². The molecule has 0 aromatic heterocycles. The van der Waals surface area contributed by atoms with Crippen LogP contribution in [-0.4, -0.2) is 24.3 Å². The van der Waals surface area contributed by atoms with E-state index < -0.39 is 6.17 Å². The second kappa shape index (κ2) is 11.5. The summed E-state index contributed by atoms with van der Waals surface area (Å²) in [7, 11) is 0. The maximum atomic E-state index is 9.98. The van der Waals surface area contributed by atoms with Gasteiger partial charge >= 0.3 is 0 Å². The fraction of sp³-hybridized carbons (Fsp3) is 0.0588. The molecule has 2 aromatic carbocycles. The molecule has 0 spiro atoms. The molecular weight excluding hydrogens is 324 g/mol. The van der Waals surface area contributed by atoms with Crippen molar-refractivity contribution < 1.29 is 19.2 Å². The fourth-order valence-corrected chi connectivity index (χ4v) is 1.61. The fourth-order valence-electron chi connectivity index (χ4n) is 1.61. The van der Waals surface area contributed by atoms with Crippen LogP contribution in [0.3, 0.4) is 0 Å². The molecule has 0 amide bonds. The van der Waals surface area contributed by atoms with E-state index in [1.807, 2.05) is 6.07 Å². The first-order valence-electron chi connectivity index (χ1n) is 6.70. The van der Waals surface area contributed by atoms with Gasteiger partial charge in [0.1, 0.15) is 0 Å². The summed E-state index contributed by atoms with van der Waals surface area (Å²) in [6.07, 6.45) is 4.70. The highest BCUT2D eigenvalue weighted by atomic mass is 16.1. The number of carbonyl (C=O) groups excluding carboxylic acids is 4. The summed E-state index contributed by atoms with van der Waals surface area (Å²) < 4.78 is 0. The molecule has 0 unspecified atom stereocenters. The van der Waals surface area contributed by atoms with Crippen LogP contribution in [0.5, 0.6) is 0 Å². The van der Waals surface area contributed by atoms with Gasteiger partial charge in [-0.1, -0.05) is 30.3 Å². The number of benzene rings is 2. The number of aliphatic imine (C=N–C) groups is 4. The number of rotatable bonds is 5. The van der Waals surface area contributed by atoms with Gasteiger partial charge in [0, 0.05) is 0 Å².